The van der Waals surface area contributed by atoms with E-state index in [2.05, 4.69) is 9.68 Å². The van der Waals surface area contributed by atoms with Crippen molar-refractivity contribution in [2.24, 2.45) is 0 Å². The zero-order valence-corrected chi connectivity index (χ0v) is 22.1. The Morgan fingerprint density at radius 1 is 0.900 bits per heavy atom. The van der Waals surface area contributed by atoms with Gasteiger partial charge in [0.2, 0.25) is 5.75 Å². The summed E-state index contributed by atoms with van der Waals surface area (Å²) in [6.07, 6.45) is 1.51. The van der Waals surface area contributed by atoms with Gasteiger partial charge in [-0.2, -0.15) is 0 Å². The summed E-state index contributed by atoms with van der Waals surface area (Å²) in [6.45, 7) is 0. The van der Waals surface area contributed by atoms with Gasteiger partial charge in [-0.15, -0.1) is 0 Å². The average molecular weight is 451 g/mol. The Bertz CT molecular complexity index is 994. The van der Waals surface area contributed by atoms with Crippen LogP contribution in [0.1, 0.15) is 0 Å². The third-order valence-electron chi connectivity index (χ3n) is 3.88. The summed E-state index contributed by atoms with van der Waals surface area (Å²) in [5, 5.41) is 3.85. The molecule has 3 rings (SSSR count). The molecule has 2 aromatic carbocycles. The molecule has 0 saturated heterocycles. The third kappa shape index (κ3) is 6.26. The number of nitrogens with zero attached hydrogens (tertiary/aromatic N) is 1. The number of hydrogen-bond donors (Lipinski definition) is 0. The Morgan fingerprint density at radius 2 is 1.47 bits per heavy atom. The molecule has 0 aliphatic carbocycles. The van der Waals surface area contributed by atoms with E-state index in [-0.39, 0.29) is 64.9 Å². The van der Waals surface area contributed by atoms with Crippen molar-refractivity contribution in [2.75, 3.05) is 21.3 Å². The van der Waals surface area contributed by atoms with Gasteiger partial charge in [0.1, 0.15) is 13.6 Å². The maximum Gasteiger partial charge on any atom is 1.00 e. The summed E-state index contributed by atoms with van der Waals surface area (Å²) in [7, 11) is -0.599. The smallest absolute Gasteiger partial charge is 0.780 e. The second-order valence-electron chi connectivity index (χ2n) is 5.55. The first-order chi connectivity index (χ1) is 13.4. The first-order valence-electron chi connectivity index (χ1n) is 7.93. The third-order valence-corrected chi connectivity index (χ3v) is 4.31. The summed E-state index contributed by atoms with van der Waals surface area (Å²) < 4.78 is 36.5. The molecule has 148 valence electrons. The van der Waals surface area contributed by atoms with Crippen molar-refractivity contribution in [1.29, 1.82) is 0 Å². The van der Waals surface area contributed by atoms with Crippen LogP contribution in [0.15, 0.2) is 47.1 Å². The normalized spacial score (nSPS) is 10.4. The van der Waals surface area contributed by atoms with E-state index in [4.69, 9.17) is 18.7 Å². The minimum atomic E-state index is -5.12. The van der Waals surface area contributed by atoms with Gasteiger partial charge in [-0.1, -0.05) is 17.3 Å². The van der Waals surface area contributed by atoms with E-state index in [1.807, 2.05) is 0 Å². The van der Waals surface area contributed by atoms with E-state index < -0.39 is 7.82 Å². The van der Waals surface area contributed by atoms with Crippen LogP contribution in [0.25, 0.3) is 22.5 Å². The second-order valence-corrected chi connectivity index (χ2v) is 6.62. The number of ether oxygens (including phenoxy) is 3. The predicted molar refractivity (Wildman–Crippen MR) is 95.3 cm³/mol. The van der Waals surface area contributed by atoms with E-state index >= 15 is 0 Å². The molecule has 3 aromatic rings. The van der Waals surface area contributed by atoms with Crippen molar-refractivity contribution >= 4 is 7.82 Å². The standard InChI is InChI=1S/C18H18NO8P.2Na/c1-23-15-8-12(9-16(24-2)18(15)25-3)17-14(10-19-26-17)11-4-6-13(7-5-11)27-28(20,21)22;;/h4-10H,1-3H3,(H2,20,21,22);;/q;2*+1/p-2. The number of benzene rings is 2. The maximum atomic E-state index is 10.7. The summed E-state index contributed by atoms with van der Waals surface area (Å²) in [5.41, 5.74) is 1.93. The number of phosphoric acid groups is 1. The first kappa shape index (κ1) is 27.0. The molecule has 0 aliphatic rings. The monoisotopic (exact) mass is 451 g/mol. The molecule has 0 spiro atoms. The fourth-order valence-electron chi connectivity index (χ4n) is 2.69. The molecule has 0 unspecified atom stereocenters. The molecule has 0 aliphatic heterocycles. The molecular formula is C18H16NNa2O8P. The summed E-state index contributed by atoms with van der Waals surface area (Å²) in [4.78, 5) is 21.4. The van der Waals surface area contributed by atoms with Crippen molar-refractivity contribution in [3.05, 3.63) is 42.6 Å². The molecule has 0 fully saturated rings. The Kier molecular flexibility index (Phi) is 10.4. The Morgan fingerprint density at radius 3 is 1.93 bits per heavy atom. The maximum absolute atomic E-state index is 10.7. The topological polar surface area (TPSA) is 126 Å². The zero-order chi connectivity index (χ0) is 20.3. The van der Waals surface area contributed by atoms with E-state index in [0.29, 0.717) is 39.7 Å². The van der Waals surface area contributed by atoms with Crippen LogP contribution in [0.4, 0.5) is 0 Å². The van der Waals surface area contributed by atoms with Crippen LogP contribution in [-0.2, 0) is 4.57 Å². The molecule has 0 atom stereocenters. The van der Waals surface area contributed by atoms with Gasteiger partial charge in [0.25, 0.3) is 0 Å². The molecule has 0 amide bonds. The number of hydrogen-bond acceptors (Lipinski definition) is 9. The SMILES string of the molecule is COc1cc(-c2oncc2-c2ccc(OP(=O)([O-])[O-])cc2)cc(OC)c1OC.[Na+].[Na+]. The van der Waals surface area contributed by atoms with Gasteiger partial charge in [-0.3, -0.25) is 0 Å². The van der Waals surface area contributed by atoms with Gasteiger partial charge in [-0.05, 0) is 29.8 Å². The molecule has 0 bridgehead atoms. The van der Waals surface area contributed by atoms with E-state index in [0.717, 1.165) is 0 Å². The number of phosphoric ester groups is 1. The van der Waals surface area contributed by atoms with Crippen molar-refractivity contribution in [3.8, 4) is 45.4 Å². The molecule has 30 heavy (non-hydrogen) atoms. The molecule has 1 heterocycles. The quantitative estimate of drug-likeness (QED) is 0.263. The van der Waals surface area contributed by atoms with Gasteiger partial charge in [0.15, 0.2) is 17.3 Å². The van der Waals surface area contributed by atoms with Crippen LogP contribution in [-0.4, -0.2) is 26.5 Å². The largest absolute Gasteiger partial charge is 1.00 e. The van der Waals surface area contributed by atoms with Crippen LogP contribution < -0.4 is 87.6 Å². The molecule has 0 N–H and O–H groups in total. The number of methoxy groups -OCH3 is 3. The number of aromatic nitrogens is 1. The Balaban J connectivity index is 0.00000225. The van der Waals surface area contributed by atoms with Crippen LogP contribution in [0.2, 0.25) is 0 Å². The van der Waals surface area contributed by atoms with Crippen molar-refractivity contribution in [1.82, 2.24) is 5.16 Å². The fourth-order valence-corrected chi connectivity index (χ4v) is 3.07. The fraction of sp³-hybridized carbons (Fsp3) is 0.167. The van der Waals surface area contributed by atoms with Crippen LogP contribution in [0.3, 0.4) is 0 Å². The summed E-state index contributed by atoms with van der Waals surface area (Å²) in [5.74, 6) is 1.69. The summed E-state index contributed by atoms with van der Waals surface area (Å²) in [6, 6.07) is 9.33. The van der Waals surface area contributed by atoms with Crippen molar-refractivity contribution in [2.45, 2.75) is 0 Å². The first-order valence-corrected chi connectivity index (χ1v) is 9.39. The minimum Gasteiger partial charge on any atom is -0.780 e. The molecule has 0 radical (unpaired) electrons. The van der Waals surface area contributed by atoms with Crippen LogP contribution in [0.5, 0.6) is 23.0 Å². The average Bonchev–Trinajstić information content (AvgIpc) is 3.15. The van der Waals surface area contributed by atoms with Gasteiger partial charge in [-0.25, -0.2) is 0 Å². The van der Waals surface area contributed by atoms with Gasteiger partial charge < -0.3 is 37.6 Å². The van der Waals surface area contributed by atoms with E-state index in [9.17, 15) is 14.4 Å². The van der Waals surface area contributed by atoms with Crippen molar-refractivity contribution in [3.63, 3.8) is 0 Å². The van der Waals surface area contributed by atoms with Crippen LogP contribution in [0, 0.1) is 0 Å². The second kappa shape index (κ2) is 11.6. The molecular weight excluding hydrogens is 435 g/mol. The molecule has 12 heteroatoms. The minimum absolute atomic E-state index is 0. The van der Waals surface area contributed by atoms with Gasteiger partial charge >= 0.3 is 59.1 Å². The molecule has 9 nitrogen and oxygen atoms in total. The molecule has 1 aromatic heterocycles. The van der Waals surface area contributed by atoms with Gasteiger partial charge in [0.05, 0.1) is 27.5 Å². The summed E-state index contributed by atoms with van der Waals surface area (Å²) >= 11 is 0. The van der Waals surface area contributed by atoms with Crippen LogP contribution >= 0.6 is 7.82 Å². The van der Waals surface area contributed by atoms with Gasteiger partial charge in [0, 0.05) is 11.1 Å². The molecule has 0 saturated carbocycles. The van der Waals surface area contributed by atoms with E-state index in [1.165, 1.54) is 39.7 Å². The zero-order valence-electron chi connectivity index (χ0n) is 17.2. The van der Waals surface area contributed by atoms with E-state index in [1.54, 1.807) is 24.3 Å². The Hall–Kier alpha value is -1.000. The van der Waals surface area contributed by atoms with Crippen molar-refractivity contribution < 1.29 is 96.7 Å². The number of rotatable bonds is 7. The predicted octanol–water partition coefficient (Wildman–Crippen LogP) is -3.75. The Labute approximate surface area is 217 Å².